The molecule has 0 spiro atoms. The van der Waals surface area contributed by atoms with E-state index in [1.807, 2.05) is 18.2 Å². The van der Waals surface area contributed by atoms with Gasteiger partial charge in [0.25, 0.3) is 5.91 Å². The lowest BCUT2D eigenvalue weighted by Crippen LogP contribution is -2.19. The lowest BCUT2D eigenvalue weighted by atomic mass is 10.3. The van der Waals surface area contributed by atoms with Gasteiger partial charge in [-0.15, -0.1) is 0 Å². The molecule has 11 heteroatoms. The maximum absolute atomic E-state index is 13.0. The van der Waals surface area contributed by atoms with E-state index >= 15 is 0 Å². The molecule has 9 nitrogen and oxygen atoms in total. The van der Waals surface area contributed by atoms with Crippen LogP contribution in [0.3, 0.4) is 0 Å². The van der Waals surface area contributed by atoms with Crippen molar-refractivity contribution in [3.05, 3.63) is 87.7 Å². The fourth-order valence-corrected chi connectivity index (χ4v) is 3.77. The zero-order chi connectivity index (χ0) is 24.1. The summed E-state index contributed by atoms with van der Waals surface area (Å²) in [6, 6.07) is 15.9. The minimum Gasteiger partial charge on any atom is -0.470 e. The number of amides is 1. The van der Waals surface area contributed by atoms with Crippen molar-refractivity contribution in [3.8, 4) is 11.4 Å². The molecular weight excluding hydrogens is 526 g/mol. The zero-order valence-corrected chi connectivity index (χ0v) is 20.3. The van der Waals surface area contributed by atoms with Crippen molar-refractivity contribution in [2.45, 2.75) is 13.7 Å². The molecule has 0 saturated carbocycles. The number of para-hydroxylation sites is 1. The second-order valence-electron chi connectivity index (χ2n) is 6.92. The molecule has 0 aliphatic rings. The van der Waals surface area contributed by atoms with Crippen molar-refractivity contribution >= 4 is 45.2 Å². The number of halogens is 2. The molecule has 0 unspecified atom stereocenters. The number of nitrogens with zero attached hydrogens (tertiary/aromatic N) is 4. The highest BCUT2D eigenvalue weighted by molar-refractivity contribution is 9.10. The monoisotopic (exact) mass is 543 g/mol. The molecule has 0 bridgehead atoms. The van der Waals surface area contributed by atoms with E-state index in [0.29, 0.717) is 16.5 Å². The van der Waals surface area contributed by atoms with Gasteiger partial charge in [0.15, 0.2) is 18.2 Å². The Bertz CT molecular complexity index is 1320. The van der Waals surface area contributed by atoms with E-state index in [4.69, 9.17) is 21.1 Å². The van der Waals surface area contributed by atoms with Gasteiger partial charge >= 0.3 is 5.97 Å². The number of aromatic nitrogens is 4. The summed E-state index contributed by atoms with van der Waals surface area (Å²) in [6.45, 7) is 1.94. The number of esters is 1. The van der Waals surface area contributed by atoms with Gasteiger partial charge in [-0.05, 0) is 43.3 Å². The van der Waals surface area contributed by atoms with Gasteiger partial charge in [-0.25, -0.2) is 14.2 Å². The van der Waals surface area contributed by atoms with Gasteiger partial charge in [0.1, 0.15) is 11.3 Å². The molecule has 34 heavy (non-hydrogen) atoms. The summed E-state index contributed by atoms with van der Waals surface area (Å²) in [6.07, 6.45) is 2.96. The number of carbonyl (C=O) groups excluding carboxylic acids is 2. The maximum Gasteiger partial charge on any atom is 0.343 e. The molecule has 1 N–H and O–H groups in total. The van der Waals surface area contributed by atoms with E-state index in [1.165, 1.54) is 21.6 Å². The van der Waals surface area contributed by atoms with Gasteiger partial charge in [0.05, 0.1) is 23.5 Å². The highest BCUT2D eigenvalue weighted by Crippen LogP contribution is 2.28. The molecule has 4 rings (SSSR count). The van der Waals surface area contributed by atoms with Crippen molar-refractivity contribution < 1.29 is 19.1 Å². The van der Waals surface area contributed by atoms with Crippen molar-refractivity contribution in [1.82, 2.24) is 19.6 Å². The Hall–Kier alpha value is -3.63. The van der Waals surface area contributed by atoms with Crippen LogP contribution in [0.5, 0.6) is 5.75 Å². The molecule has 0 radical (unpaired) electrons. The Morgan fingerprint density at radius 1 is 1.15 bits per heavy atom. The number of rotatable bonds is 8. The van der Waals surface area contributed by atoms with E-state index in [-0.39, 0.29) is 30.4 Å². The first kappa shape index (κ1) is 23.5. The van der Waals surface area contributed by atoms with Crippen LogP contribution in [0.1, 0.15) is 27.8 Å². The van der Waals surface area contributed by atoms with E-state index in [2.05, 4.69) is 31.4 Å². The first-order valence-electron chi connectivity index (χ1n) is 10.2. The molecule has 2 aromatic heterocycles. The second-order valence-corrected chi connectivity index (χ2v) is 8.24. The normalized spacial score (nSPS) is 10.7. The Labute approximate surface area is 208 Å². The van der Waals surface area contributed by atoms with Crippen LogP contribution >= 0.6 is 27.5 Å². The number of nitrogens with one attached hydrogen (secondary N) is 1. The third-order valence-electron chi connectivity index (χ3n) is 4.62. The smallest absolute Gasteiger partial charge is 0.343 e. The van der Waals surface area contributed by atoms with E-state index in [9.17, 15) is 9.59 Å². The predicted octanol–water partition coefficient (Wildman–Crippen LogP) is 4.95. The fourth-order valence-electron chi connectivity index (χ4n) is 3.05. The van der Waals surface area contributed by atoms with Gasteiger partial charge in [0.2, 0.25) is 0 Å². The van der Waals surface area contributed by atoms with Crippen LogP contribution in [-0.2, 0) is 11.5 Å². The standard InChI is InChI=1S/C23H19BrClN5O4/c1-2-33-23(32)17-13-26-30(16-6-4-3-5-7-16)21(17)27-22(31)19-10-11-29(28-19)14-34-20-9-8-15(24)12-18(20)25/h3-13H,2,14H2,1H3,(H,27,31). The maximum atomic E-state index is 13.0. The van der Waals surface area contributed by atoms with Gasteiger partial charge in [-0.1, -0.05) is 45.7 Å². The number of carbonyl (C=O) groups is 2. The molecule has 174 valence electrons. The first-order valence-corrected chi connectivity index (χ1v) is 11.4. The molecule has 2 aromatic carbocycles. The molecule has 0 saturated heterocycles. The summed E-state index contributed by atoms with van der Waals surface area (Å²) in [5.41, 5.74) is 0.923. The summed E-state index contributed by atoms with van der Waals surface area (Å²) >= 11 is 9.51. The average molecular weight is 545 g/mol. The quantitative estimate of drug-likeness (QED) is 0.315. The third-order valence-corrected chi connectivity index (χ3v) is 5.41. The van der Waals surface area contributed by atoms with Gasteiger partial charge < -0.3 is 14.8 Å². The minimum atomic E-state index is -0.592. The van der Waals surface area contributed by atoms with Crippen LogP contribution in [0, 0.1) is 0 Å². The van der Waals surface area contributed by atoms with Crippen LogP contribution in [0.2, 0.25) is 5.02 Å². The predicted molar refractivity (Wildman–Crippen MR) is 129 cm³/mol. The number of hydrogen-bond donors (Lipinski definition) is 1. The first-order chi connectivity index (χ1) is 16.5. The van der Waals surface area contributed by atoms with Gasteiger partial charge in [0, 0.05) is 10.7 Å². The van der Waals surface area contributed by atoms with E-state index in [1.54, 1.807) is 43.5 Å². The number of ether oxygens (including phenoxy) is 2. The Balaban J connectivity index is 1.53. The van der Waals surface area contributed by atoms with Crippen LogP contribution in [-0.4, -0.2) is 38.0 Å². The van der Waals surface area contributed by atoms with Crippen LogP contribution < -0.4 is 10.1 Å². The highest BCUT2D eigenvalue weighted by atomic mass is 79.9. The Morgan fingerprint density at radius 3 is 2.68 bits per heavy atom. The summed E-state index contributed by atoms with van der Waals surface area (Å²) in [5, 5.41) is 11.7. The lowest BCUT2D eigenvalue weighted by Gasteiger charge is -2.10. The van der Waals surface area contributed by atoms with Crippen LogP contribution in [0.25, 0.3) is 5.69 Å². The summed E-state index contributed by atoms with van der Waals surface area (Å²) < 4.78 is 14.5. The van der Waals surface area contributed by atoms with Crippen LogP contribution in [0.15, 0.2) is 71.5 Å². The van der Waals surface area contributed by atoms with Gasteiger partial charge in [-0.2, -0.15) is 10.2 Å². The SMILES string of the molecule is CCOC(=O)c1cnn(-c2ccccc2)c1NC(=O)c1ccn(COc2ccc(Br)cc2Cl)n1. The van der Waals surface area contributed by atoms with Crippen molar-refractivity contribution in [2.24, 2.45) is 0 Å². The van der Waals surface area contributed by atoms with E-state index in [0.717, 1.165) is 4.47 Å². The molecule has 0 aliphatic carbocycles. The molecule has 4 aromatic rings. The zero-order valence-electron chi connectivity index (χ0n) is 17.9. The lowest BCUT2D eigenvalue weighted by molar-refractivity contribution is 0.0527. The van der Waals surface area contributed by atoms with E-state index < -0.39 is 11.9 Å². The molecule has 1 amide bonds. The summed E-state index contributed by atoms with van der Waals surface area (Å²) in [5.74, 6) is -0.451. The molecule has 0 fully saturated rings. The topological polar surface area (TPSA) is 100 Å². The average Bonchev–Trinajstić information content (AvgIpc) is 3.47. The number of anilines is 1. The third kappa shape index (κ3) is 5.29. The fraction of sp³-hybridized carbons (Fsp3) is 0.130. The Morgan fingerprint density at radius 2 is 1.94 bits per heavy atom. The Kier molecular flexibility index (Phi) is 7.29. The highest BCUT2D eigenvalue weighted by Gasteiger charge is 2.23. The molecule has 2 heterocycles. The van der Waals surface area contributed by atoms with Crippen molar-refractivity contribution in [1.29, 1.82) is 0 Å². The minimum absolute atomic E-state index is 0.0463. The molecule has 0 aliphatic heterocycles. The second kappa shape index (κ2) is 10.5. The van der Waals surface area contributed by atoms with Crippen LogP contribution in [0.4, 0.5) is 5.82 Å². The summed E-state index contributed by atoms with van der Waals surface area (Å²) in [7, 11) is 0. The summed E-state index contributed by atoms with van der Waals surface area (Å²) in [4.78, 5) is 25.4. The largest absolute Gasteiger partial charge is 0.470 e. The van der Waals surface area contributed by atoms with Crippen molar-refractivity contribution in [2.75, 3.05) is 11.9 Å². The molecular formula is C23H19BrClN5O4. The number of hydrogen-bond acceptors (Lipinski definition) is 6. The number of benzene rings is 2. The van der Waals surface area contributed by atoms with Crippen molar-refractivity contribution in [3.63, 3.8) is 0 Å². The molecule has 0 atom stereocenters. The van der Waals surface area contributed by atoms with Gasteiger partial charge in [-0.3, -0.25) is 4.79 Å².